The Kier molecular flexibility index (Phi) is 4.57. The number of nitrogens with one attached hydrogen (secondary N) is 2. The Morgan fingerprint density at radius 2 is 1.79 bits per heavy atom. The van der Waals surface area contributed by atoms with Gasteiger partial charge < -0.3 is 4.84 Å². The average molecular weight is 327 g/mol. The lowest BCUT2D eigenvalue weighted by Crippen LogP contribution is -2.67. The second kappa shape index (κ2) is 6.79. The lowest BCUT2D eigenvalue weighted by atomic mass is 10.2. The molecule has 0 spiro atoms. The molecular weight excluding hydrogens is 308 g/mol. The highest BCUT2D eigenvalue weighted by Gasteiger charge is 2.51. The minimum atomic E-state index is -0.488. The molecule has 0 radical (unpaired) electrons. The van der Waals surface area contributed by atoms with Crippen LogP contribution in [0.2, 0.25) is 0 Å². The van der Waals surface area contributed by atoms with Crippen LogP contribution < -0.4 is 10.9 Å². The van der Waals surface area contributed by atoms with Gasteiger partial charge in [-0.25, -0.2) is 9.59 Å². The van der Waals surface area contributed by atoms with Crippen LogP contribution in [0.3, 0.4) is 0 Å². The van der Waals surface area contributed by atoms with Crippen molar-refractivity contribution in [2.24, 2.45) is 0 Å². The summed E-state index contributed by atoms with van der Waals surface area (Å²) < 4.78 is -0.456. The summed E-state index contributed by atoms with van der Waals surface area (Å²) in [7, 11) is 1.76. The van der Waals surface area contributed by atoms with Crippen LogP contribution in [0.1, 0.15) is 5.56 Å². The monoisotopic (exact) mass is 327 g/mol. The zero-order valence-electron chi connectivity index (χ0n) is 13.3. The van der Waals surface area contributed by atoms with E-state index < -0.39 is 16.7 Å². The van der Waals surface area contributed by atoms with Gasteiger partial charge >= 0.3 is 12.0 Å². The molecule has 24 heavy (non-hydrogen) atoms. The Labute approximate surface area is 139 Å². The molecule has 1 saturated heterocycles. The van der Waals surface area contributed by atoms with Gasteiger partial charge in [-0.15, -0.1) is 5.01 Å². The van der Waals surface area contributed by atoms with E-state index in [0.717, 1.165) is 5.56 Å². The van der Waals surface area contributed by atoms with E-state index in [4.69, 9.17) is 4.84 Å². The van der Waals surface area contributed by atoms with Gasteiger partial charge in [0, 0.05) is 18.3 Å². The molecule has 2 N–H and O–H groups in total. The summed E-state index contributed by atoms with van der Waals surface area (Å²) in [6.45, 7) is 0.342. The van der Waals surface area contributed by atoms with Crippen LogP contribution in [0.15, 0.2) is 60.7 Å². The number of carbonyl (C=O) groups is 2. The maximum atomic E-state index is 12.8. The van der Waals surface area contributed by atoms with Crippen molar-refractivity contribution in [2.75, 3.05) is 18.9 Å². The van der Waals surface area contributed by atoms with Crippen LogP contribution >= 0.6 is 0 Å². The summed E-state index contributed by atoms with van der Waals surface area (Å²) in [5.41, 5.74) is 4.23. The van der Waals surface area contributed by atoms with Crippen LogP contribution in [-0.2, 0) is 16.2 Å². The first kappa shape index (κ1) is 16.1. The molecule has 1 heterocycles. The molecule has 2 aromatic rings. The van der Waals surface area contributed by atoms with Gasteiger partial charge in [0.25, 0.3) is 0 Å². The van der Waals surface area contributed by atoms with E-state index in [2.05, 4.69) is 10.9 Å². The van der Waals surface area contributed by atoms with Gasteiger partial charge in [0.1, 0.15) is 0 Å². The van der Waals surface area contributed by atoms with Gasteiger partial charge in [-0.05, 0) is 22.4 Å². The lowest BCUT2D eigenvalue weighted by molar-refractivity contribution is -1.00. The minimum absolute atomic E-state index is 0.123. The average Bonchev–Trinajstić information content (AvgIpc) is 3.00. The molecule has 1 aliphatic heterocycles. The van der Waals surface area contributed by atoms with E-state index in [0.29, 0.717) is 12.2 Å². The number of amides is 2. The number of para-hydroxylation sites is 1. The molecule has 0 aliphatic carbocycles. The molecule has 0 saturated carbocycles. The third-order valence-corrected chi connectivity index (χ3v) is 3.87. The number of nitrogens with zero attached hydrogens (tertiary/aromatic N) is 2. The maximum Gasteiger partial charge on any atom is 0.463 e. The van der Waals surface area contributed by atoms with Gasteiger partial charge in [0.15, 0.2) is 0 Å². The molecule has 3 rings (SSSR count). The fourth-order valence-corrected chi connectivity index (χ4v) is 2.54. The largest absolute Gasteiger partial charge is 0.463 e. The normalized spacial score (nSPS) is 20.0. The molecule has 7 nitrogen and oxygen atoms in total. The molecule has 1 aliphatic rings. The highest BCUT2D eigenvalue weighted by molar-refractivity contribution is 5.86. The van der Waals surface area contributed by atoms with Crippen molar-refractivity contribution < 1.29 is 19.1 Å². The van der Waals surface area contributed by atoms with E-state index in [9.17, 15) is 9.59 Å². The Morgan fingerprint density at radius 3 is 2.38 bits per heavy atom. The zero-order valence-corrected chi connectivity index (χ0v) is 13.3. The third kappa shape index (κ3) is 3.28. The van der Waals surface area contributed by atoms with Crippen molar-refractivity contribution in [2.45, 2.75) is 6.54 Å². The molecule has 2 aromatic carbocycles. The minimum Gasteiger partial charge on any atom is -0.316 e. The maximum absolute atomic E-state index is 12.8. The summed E-state index contributed by atoms with van der Waals surface area (Å²) in [5.74, 6) is -0.488. The van der Waals surface area contributed by atoms with Crippen LogP contribution in [-0.4, -0.2) is 35.3 Å². The van der Waals surface area contributed by atoms with Crippen molar-refractivity contribution in [3.63, 3.8) is 0 Å². The Morgan fingerprint density at radius 1 is 1.17 bits per heavy atom. The van der Waals surface area contributed by atoms with Crippen LogP contribution in [0.5, 0.6) is 0 Å². The SMILES string of the molecule is CN(Cc1ccccc1)[N+]1(C(=O)Nc2ccccc2)CC(=O)ON1. The second-order valence-corrected chi connectivity index (χ2v) is 5.59. The number of anilines is 1. The van der Waals surface area contributed by atoms with Gasteiger partial charge in [0.05, 0.1) is 6.54 Å². The van der Waals surface area contributed by atoms with Crippen molar-refractivity contribution >= 4 is 17.7 Å². The quantitative estimate of drug-likeness (QED) is 0.841. The van der Waals surface area contributed by atoms with E-state index in [1.54, 1.807) is 24.2 Å². The number of rotatable bonds is 4. The summed E-state index contributed by atoms with van der Waals surface area (Å²) in [6.07, 6.45) is 0. The standard InChI is InChI=1S/C17H18N4O3/c1-20(12-14-8-4-2-5-9-14)21(13-16(22)24-19-21)17(23)18-15-10-6-3-7-11-15/h2-11,19H,12-13H2,1H3/p+1. The zero-order chi connectivity index (χ0) is 17.0. The molecule has 1 unspecified atom stereocenters. The summed E-state index contributed by atoms with van der Waals surface area (Å²) in [6, 6.07) is 18.4. The fourth-order valence-electron chi connectivity index (χ4n) is 2.54. The van der Waals surface area contributed by atoms with Crippen molar-refractivity contribution in [1.29, 1.82) is 0 Å². The van der Waals surface area contributed by atoms with Crippen molar-refractivity contribution in [1.82, 2.24) is 10.6 Å². The van der Waals surface area contributed by atoms with E-state index in [1.807, 2.05) is 48.5 Å². The number of benzene rings is 2. The van der Waals surface area contributed by atoms with Crippen LogP contribution in [0.25, 0.3) is 0 Å². The van der Waals surface area contributed by atoms with Gasteiger partial charge in [-0.3, -0.25) is 5.32 Å². The van der Waals surface area contributed by atoms with E-state index in [-0.39, 0.29) is 6.54 Å². The molecule has 0 bridgehead atoms. The fraction of sp³-hybridized carbons (Fsp3) is 0.176. The van der Waals surface area contributed by atoms with Crippen LogP contribution in [0.4, 0.5) is 10.5 Å². The Balaban J connectivity index is 1.82. The second-order valence-electron chi connectivity index (χ2n) is 5.59. The Hall–Kier alpha value is -2.74. The number of hydrogen-bond donors (Lipinski definition) is 2. The number of urea groups is 1. The van der Waals surface area contributed by atoms with Crippen molar-refractivity contribution in [3.8, 4) is 0 Å². The molecule has 2 amide bonds. The number of carbonyl (C=O) groups excluding carboxylic acids is 2. The molecule has 1 fully saturated rings. The van der Waals surface area contributed by atoms with Gasteiger partial charge in [-0.2, -0.15) is 0 Å². The first-order valence-electron chi connectivity index (χ1n) is 7.57. The number of hydrogen-bond acceptors (Lipinski definition) is 5. The molecule has 0 aromatic heterocycles. The summed E-state index contributed by atoms with van der Waals surface area (Å²) in [5, 5.41) is 4.53. The Bertz CT molecular complexity index is 723. The third-order valence-electron chi connectivity index (χ3n) is 3.87. The highest BCUT2D eigenvalue weighted by Crippen LogP contribution is 2.19. The topological polar surface area (TPSA) is 70.7 Å². The summed E-state index contributed by atoms with van der Waals surface area (Å²) in [4.78, 5) is 29.4. The first-order chi connectivity index (χ1) is 11.6. The highest BCUT2D eigenvalue weighted by atomic mass is 16.7. The van der Waals surface area contributed by atoms with Gasteiger partial charge in [0.2, 0.25) is 6.54 Å². The van der Waals surface area contributed by atoms with E-state index in [1.165, 1.54) is 0 Å². The lowest BCUT2D eigenvalue weighted by Gasteiger charge is -2.33. The number of quaternary nitrogens is 1. The smallest absolute Gasteiger partial charge is 0.316 e. The molecule has 7 heteroatoms. The van der Waals surface area contributed by atoms with Gasteiger partial charge in [-0.1, -0.05) is 48.5 Å². The predicted molar refractivity (Wildman–Crippen MR) is 87.7 cm³/mol. The predicted octanol–water partition coefficient (Wildman–Crippen LogP) is 2.06. The summed E-state index contributed by atoms with van der Waals surface area (Å²) >= 11 is 0. The molecule has 124 valence electrons. The van der Waals surface area contributed by atoms with Crippen molar-refractivity contribution in [3.05, 3.63) is 66.2 Å². The van der Waals surface area contributed by atoms with E-state index >= 15 is 0 Å². The first-order valence-corrected chi connectivity index (χ1v) is 7.57. The van der Waals surface area contributed by atoms with Crippen LogP contribution in [0, 0.1) is 0 Å². The molecular formula is C17H19N4O3+. The molecule has 1 atom stereocenters.